The first kappa shape index (κ1) is 16.0. The summed E-state index contributed by atoms with van der Waals surface area (Å²) in [6, 6.07) is 0. The van der Waals surface area contributed by atoms with E-state index in [1.54, 1.807) is 0 Å². The van der Waals surface area contributed by atoms with Crippen LogP contribution in [0.5, 0.6) is 0 Å². The molecule has 0 rings (SSSR count). The largest absolute Gasteiger partial charge is 0.377 e. The zero-order chi connectivity index (χ0) is 13.1. The van der Waals surface area contributed by atoms with Crippen molar-refractivity contribution < 1.29 is 4.79 Å². The van der Waals surface area contributed by atoms with E-state index >= 15 is 0 Å². The summed E-state index contributed by atoms with van der Waals surface area (Å²) in [7, 11) is 0. The van der Waals surface area contributed by atoms with Crippen molar-refractivity contribution in [3.8, 4) is 0 Å². The lowest BCUT2D eigenvalue weighted by atomic mass is 10.1. The Morgan fingerprint density at radius 2 is 1.59 bits per heavy atom. The Labute approximate surface area is 106 Å². The van der Waals surface area contributed by atoms with Crippen molar-refractivity contribution in [3.63, 3.8) is 0 Å². The first-order valence-corrected chi connectivity index (χ1v) is 6.90. The minimum absolute atomic E-state index is 0.273. The number of carbonyl (C=O) groups is 1. The van der Waals surface area contributed by atoms with Gasteiger partial charge in [-0.3, -0.25) is 4.79 Å². The molecule has 17 heavy (non-hydrogen) atoms. The van der Waals surface area contributed by atoms with Crippen LogP contribution in [0, 0.1) is 0 Å². The molecule has 0 aliphatic rings. The fourth-order valence-electron chi connectivity index (χ4n) is 1.70. The third-order valence-electron chi connectivity index (χ3n) is 2.77. The number of amides is 1. The maximum Gasteiger partial charge on any atom is 0.246 e. The molecule has 0 heterocycles. The number of primary amides is 1. The number of hydrogen-bond donors (Lipinski definition) is 1. The molecule has 0 aromatic rings. The Kier molecular flexibility index (Phi) is 9.59. The van der Waals surface area contributed by atoms with E-state index < -0.39 is 0 Å². The second-order valence-electron chi connectivity index (χ2n) is 4.51. The summed E-state index contributed by atoms with van der Waals surface area (Å²) in [5.74, 6) is -0.273. The molecule has 0 atom stereocenters. The van der Waals surface area contributed by atoms with Crippen LogP contribution >= 0.6 is 0 Å². The molecule has 0 saturated carbocycles. The lowest BCUT2D eigenvalue weighted by molar-refractivity contribution is -0.114. The van der Waals surface area contributed by atoms with E-state index in [1.807, 2.05) is 6.20 Å². The van der Waals surface area contributed by atoms with Crippen molar-refractivity contribution in [1.29, 1.82) is 0 Å². The molecule has 0 aliphatic heterocycles. The number of nitrogens with two attached hydrogens (primary N) is 1. The first-order valence-electron chi connectivity index (χ1n) is 6.90. The summed E-state index contributed by atoms with van der Waals surface area (Å²) in [4.78, 5) is 13.6. The van der Waals surface area contributed by atoms with E-state index in [0.29, 0.717) is 0 Å². The average molecular weight is 240 g/mol. The van der Waals surface area contributed by atoms with Gasteiger partial charge in [-0.05, 0) is 19.3 Å². The van der Waals surface area contributed by atoms with Gasteiger partial charge >= 0.3 is 0 Å². The molecule has 0 fully saturated rings. The Balaban J connectivity index is 4.50. The number of unbranched alkanes of at least 4 members (excludes halogenated alkanes) is 2. The molecular formula is C14H28N2O. The minimum Gasteiger partial charge on any atom is -0.377 e. The van der Waals surface area contributed by atoms with Crippen LogP contribution in [0.2, 0.25) is 0 Å². The highest BCUT2D eigenvalue weighted by molar-refractivity contribution is 5.91. The van der Waals surface area contributed by atoms with Crippen molar-refractivity contribution >= 4 is 5.91 Å². The minimum atomic E-state index is -0.273. The van der Waals surface area contributed by atoms with Crippen LogP contribution in [0.4, 0.5) is 0 Å². The van der Waals surface area contributed by atoms with Gasteiger partial charge in [0, 0.05) is 24.9 Å². The number of rotatable bonds is 10. The third-order valence-corrected chi connectivity index (χ3v) is 2.77. The maximum absolute atomic E-state index is 11.3. The fourth-order valence-corrected chi connectivity index (χ4v) is 1.70. The van der Waals surface area contributed by atoms with Gasteiger partial charge in [-0.2, -0.15) is 0 Å². The fraction of sp³-hybridized carbons (Fsp3) is 0.786. The highest BCUT2D eigenvalue weighted by atomic mass is 16.1. The predicted octanol–water partition coefficient (Wildman–Crippen LogP) is 3.06. The summed E-state index contributed by atoms with van der Waals surface area (Å²) in [6.07, 6.45) is 8.41. The third kappa shape index (κ3) is 7.83. The molecule has 0 unspecified atom stereocenters. The van der Waals surface area contributed by atoms with Gasteiger partial charge in [0.25, 0.3) is 0 Å². The summed E-state index contributed by atoms with van der Waals surface area (Å²) in [5, 5.41) is 0. The number of nitrogens with zero attached hydrogens (tertiary/aromatic N) is 1. The molecule has 0 aromatic heterocycles. The standard InChI is InChI=1S/C14H28N2O/c1-4-7-10-16(11-8-5-2)12-13(9-6-3)14(15)17/h12H,4-11H2,1-3H3,(H2,15,17). The Morgan fingerprint density at radius 1 is 1.06 bits per heavy atom. The summed E-state index contributed by atoms with van der Waals surface area (Å²) >= 11 is 0. The van der Waals surface area contributed by atoms with E-state index in [0.717, 1.165) is 31.5 Å². The molecule has 3 heteroatoms. The van der Waals surface area contributed by atoms with Gasteiger partial charge in [-0.25, -0.2) is 0 Å². The normalized spacial score (nSPS) is 11.6. The van der Waals surface area contributed by atoms with E-state index in [9.17, 15) is 4.79 Å². The van der Waals surface area contributed by atoms with E-state index in [2.05, 4.69) is 25.7 Å². The van der Waals surface area contributed by atoms with Gasteiger partial charge in [-0.15, -0.1) is 0 Å². The van der Waals surface area contributed by atoms with Crippen LogP contribution in [0.3, 0.4) is 0 Å². The molecule has 0 aromatic carbocycles. The van der Waals surface area contributed by atoms with Gasteiger partial charge in [0.15, 0.2) is 0 Å². The van der Waals surface area contributed by atoms with E-state index in [4.69, 9.17) is 5.73 Å². The molecular weight excluding hydrogens is 212 g/mol. The molecule has 2 N–H and O–H groups in total. The van der Waals surface area contributed by atoms with Gasteiger partial charge in [0.2, 0.25) is 5.91 Å². The van der Waals surface area contributed by atoms with Crippen molar-refractivity contribution in [2.75, 3.05) is 13.1 Å². The van der Waals surface area contributed by atoms with Gasteiger partial charge in [-0.1, -0.05) is 40.0 Å². The lowest BCUT2D eigenvalue weighted by Crippen LogP contribution is -2.24. The van der Waals surface area contributed by atoms with Crippen LogP contribution in [0.15, 0.2) is 11.8 Å². The maximum atomic E-state index is 11.3. The quantitative estimate of drug-likeness (QED) is 0.597. The highest BCUT2D eigenvalue weighted by Gasteiger charge is 2.07. The van der Waals surface area contributed by atoms with Crippen LogP contribution in [0.1, 0.15) is 59.3 Å². The van der Waals surface area contributed by atoms with Crippen LogP contribution in [0.25, 0.3) is 0 Å². The van der Waals surface area contributed by atoms with Gasteiger partial charge in [0.1, 0.15) is 0 Å². The Morgan fingerprint density at radius 3 is 1.94 bits per heavy atom. The topological polar surface area (TPSA) is 46.3 Å². The highest BCUT2D eigenvalue weighted by Crippen LogP contribution is 2.08. The van der Waals surface area contributed by atoms with Crippen LogP contribution in [-0.4, -0.2) is 23.9 Å². The average Bonchev–Trinajstić information content (AvgIpc) is 2.31. The first-order chi connectivity index (χ1) is 8.15. The summed E-state index contributed by atoms with van der Waals surface area (Å²) in [6.45, 7) is 8.48. The van der Waals surface area contributed by atoms with Crippen molar-refractivity contribution in [2.24, 2.45) is 5.73 Å². The molecule has 0 spiro atoms. The van der Waals surface area contributed by atoms with Crippen molar-refractivity contribution in [2.45, 2.75) is 59.3 Å². The molecule has 0 aliphatic carbocycles. The monoisotopic (exact) mass is 240 g/mol. The number of hydrogen-bond acceptors (Lipinski definition) is 2. The SMILES string of the molecule is CCCCN(C=C(CCC)C(N)=O)CCCC. The second-order valence-corrected chi connectivity index (χ2v) is 4.51. The van der Waals surface area contributed by atoms with Gasteiger partial charge in [0.05, 0.1) is 0 Å². The second kappa shape index (κ2) is 10.2. The Hall–Kier alpha value is -0.990. The molecule has 3 nitrogen and oxygen atoms in total. The molecule has 0 radical (unpaired) electrons. The van der Waals surface area contributed by atoms with Crippen LogP contribution < -0.4 is 5.73 Å². The van der Waals surface area contributed by atoms with E-state index in [-0.39, 0.29) is 5.91 Å². The van der Waals surface area contributed by atoms with Crippen molar-refractivity contribution in [3.05, 3.63) is 11.8 Å². The van der Waals surface area contributed by atoms with E-state index in [1.165, 1.54) is 25.7 Å². The molecule has 0 saturated heterocycles. The van der Waals surface area contributed by atoms with Gasteiger partial charge < -0.3 is 10.6 Å². The summed E-state index contributed by atoms with van der Waals surface area (Å²) < 4.78 is 0. The predicted molar refractivity (Wildman–Crippen MR) is 73.6 cm³/mol. The van der Waals surface area contributed by atoms with Crippen LogP contribution in [-0.2, 0) is 4.79 Å². The molecule has 0 bridgehead atoms. The Bertz CT molecular complexity index is 228. The smallest absolute Gasteiger partial charge is 0.246 e. The van der Waals surface area contributed by atoms with Crippen molar-refractivity contribution in [1.82, 2.24) is 4.90 Å². The summed E-state index contributed by atoms with van der Waals surface area (Å²) in [5.41, 5.74) is 6.16. The molecule has 100 valence electrons. The lowest BCUT2D eigenvalue weighted by Gasteiger charge is -2.21. The number of carbonyl (C=O) groups excluding carboxylic acids is 1. The zero-order valence-corrected chi connectivity index (χ0v) is 11.7. The molecule has 1 amide bonds. The zero-order valence-electron chi connectivity index (χ0n) is 11.7.